The van der Waals surface area contributed by atoms with E-state index in [0.717, 1.165) is 17.6 Å². The number of hydrogen-bond donors (Lipinski definition) is 2. The van der Waals surface area contributed by atoms with Crippen molar-refractivity contribution in [3.63, 3.8) is 0 Å². The summed E-state index contributed by atoms with van der Waals surface area (Å²) in [7, 11) is 0. The van der Waals surface area contributed by atoms with Gasteiger partial charge >= 0.3 is 6.03 Å². The van der Waals surface area contributed by atoms with Gasteiger partial charge in [-0.3, -0.25) is 10.3 Å². The molecule has 1 saturated heterocycles. The maximum absolute atomic E-state index is 12.5. The number of carbonyl (C=O) groups is 1. The Hall–Kier alpha value is -2.61. The molecule has 0 spiro atoms. The van der Waals surface area contributed by atoms with E-state index in [1.54, 1.807) is 0 Å². The maximum atomic E-state index is 12.5. The van der Waals surface area contributed by atoms with Gasteiger partial charge in [0, 0.05) is 13.0 Å². The summed E-state index contributed by atoms with van der Waals surface area (Å²) in [5, 5.41) is 20.0. The predicted molar refractivity (Wildman–Crippen MR) is 94.7 cm³/mol. The number of nitrogens with one attached hydrogen (secondary N) is 2. The van der Waals surface area contributed by atoms with Gasteiger partial charge in [-0.1, -0.05) is 42.0 Å². The van der Waals surface area contributed by atoms with Crippen molar-refractivity contribution in [2.75, 3.05) is 6.54 Å². The Balaban J connectivity index is 2.01. The Morgan fingerprint density at radius 3 is 2.75 bits per heavy atom. The maximum Gasteiger partial charge on any atom is 0.323 e. The minimum Gasteiger partial charge on any atom is -0.338 e. The van der Waals surface area contributed by atoms with Crippen LogP contribution in [-0.2, 0) is 0 Å². The topological polar surface area (TPSA) is 80.0 Å². The van der Waals surface area contributed by atoms with Gasteiger partial charge in [0.2, 0.25) is 0 Å². The highest BCUT2D eigenvalue weighted by Gasteiger charge is 2.34. The number of aryl methyl sites for hydroxylation is 1. The molecule has 0 saturated carbocycles. The largest absolute Gasteiger partial charge is 0.338 e. The van der Waals surface area contributed by atoms with Crippen molar-refractivity contribution in [1.29, 1.82) is 10.7 Å². The van der Waals surface area contributed by atoms with Crippen LogP contribution in [0.5, 0.6) is 0 Å². The number of likely N-dealkylation sites (tertiary alicyclic amines) is 1. The van der Waals surface area contributed by atoms with Gasteiger partial charge in [0.25, 0.3) is 0 Å². The first-order valence-corrected chi connectivity index (χ1v) is 8.20. The molecule has 0 radical (unpaired) electrons. The molecule has 1 aliphatic heterocycles. The number of nitrogens with zero attached hydrogens (tertiary/aromatic N) is 2. The molecule has 2 rings (SSSR count). The lowest BCUT2D eigenvalue weighted by Crippen LogP contribution is -2.42. The van der Waals surface area contributed by atoms with Crippen LogP contribution in [0.4, 0.5) is 4.79 Å². The van der Waals surface area contributed by atoms with Crippen molar-refractivity contribution in [2.24, 2.45) is 5.92 Å². The van der Waals surface area contributed by atoms with Crippen molar-refractivity contribution < 1.29 is 4.79 Å². The molecule has 24 heavy (non-hydrogen) atoms. The third-order valence-corrected chi connectivity index (χ3v) is 4.40. The lowest BCUT2D eigenvalue weighted by molar-refractivity contribution is 0.212. The van der Waals surface area contributed by atoms with Crippen LogP contribution < -0.4 is 5.32 Å². The quantitative estimate of drug-likeness (QED) is 0.805. The Morgan fingerprint density at radius 1 is 1.50 bits per heavy atom. The standard InChI is InChI=1S/C19H24N4O/c1-13(2)16(12-20)10-11-22-19(24)23-17(8-9-18(23)21)15-6-4-14(3)5-7-15/h4-7,16-17,21H,1,8-11H2,2-3H3,(H,22,24). The fourth-order valence-corrected chi connectivity index (χ4v) is 2.91. The summed E-state index contributed by atoms with van der Waals surface area (Å²) >= 11 is 0. The molecule has 1 heterocycles. The molecule has 5 heteroatoms. The van der Waals surface area contributed by atoms with E-state index in [2.05, 4.69) is 18.0 Å². The molecule has 5 nitrogen and oxygen atoms in total. The summed E-state index contributed by atoms with van der Waals surface area (Å²) < 4.78 is 0. The number of urea groups is 1. The number of amidine groups is 1. The van der Waals surface area contributed by atoms with Crippen molar-refractivity contribution in [3.8, 4) is 6.07 Å². The van der Waals surface area contributed by atoms with E-state index >= 15 is 0 Å². The molecule has 2 amide bonds. The number of hydrogen-bond acceptors (Lipinski definition) is 3. The number of rotatable bonds is 5. The highest BCUT2D eigenvalue weighted by atomic mass is 16.2. The smallest absolute Gasteiger partial charge is 0.323 e. The van der Waals surface area contributed by atoms with E-state index in [4.69, 9.17) is 10.7 Å². The highest BCUT2D eigenvalue weighted by molar-refractivity contribution is 5.98. The van der Waals surface area contributed by atoms with Crippen LogP contribution >= 0.6 is 0 Å². The van der Waals surface area contributed by atoms with Gasteiger partial charge in [0.05, 0.1) is 18.0 Å². The van der Waals surface area contributed by atoms with Crippen molar-refractivity contribution in [2.45, 2.75) is 39.2 Å². The Labute approximate surface area is 143 Å². The summed E-state index contributed by atoms with van der Waals surface area (Å²) in [5.41, 5.74) is 3.03. The summed E-state index contributed by atoms with van der Waals surface area (Å²) in [6, 6.07) is 9.92. The van der Waals surface area contributed by atoms with E-state index in [-0.39, 0.29) is 18.0 Å². The number of amides is 2. The first-order chi connectivity index (χ1) is 11.4. The molecular formula is C19H24N4O. The molecule has 0 bridgehead atoms. The van der Waals surface area contributed by atoms with E-state index in [9.17, 15) is 4.79 Å². The zero-order valence-corrected chi connectivity index (χ0v) is 14.3. The SMILES string of the molecule is C=C(C)C(C#N)CCNC(=O)N1C(=N)CCC1c1ccc(C)cc1. The van der Waals surface area contributed by atoms with Gasteiger partial charge in [-0.2, -0.15) is 5.26 Å². The predicted octanol–water partition coefficient (Wildman–Crippen LogP) is 3.92. The van der Waals surface area contributed by atoms with Gasteiger partial charge in [0.1, 0.15) is 5.84 Å². The first kappa shape index (κ1) is 17.7. The Kier molecular flexibility index (Phi) is 5.75. The molecule has 1 fully saturated rings. The fourth-order valence-electron chi connectivity index (χ4n) is 2.91. The minimum atomic E-state index is -0.263. The van der Waals surface area contributed by atoms with Gasteiger partial charge in [0.15, 0.2) is 0 Å². The molecule has 2 N–H and O–H groups in total. The molecule has 0 aliphatic carbocycles. The molecule has 2 atom stereocenters. The summed E-state index contributed by atoms with van der Waals surface area (Å²) in [6.07, 6.45) is 1.90. The average molecular weight is 324 g/mol. The van der Waals surface area contributed by atoms with Crippen LogP contribution in [0.2, 0.25) is 0 Å². The third-order valence-electron chi connectivity index (χ3n) is 4.40. The number of carbonyl (C=O) groups excluding carboxylic acids is 1. The number of nitriles is 1. The van der Waals surface area contributed by atoms with Crippen molar-refractivity contribution in [3.05, 3.63) is 47.5 Å². The Morgan fingerprint density at radius 2 is 2.17 bits per heavy atom. The van der Waals surface area contributed by atoms with Crippen LogP contribution in [0, 0.1) is 29.6 Å². The zero-order valence-electron chi connectivity index (χ0n) is 14.3. The lowest BCUT2D eigenvalue weighted by Gasteiger charge is -2.25. The second kappa shape index (κ2) is 7.78. The van der Waals surface area contributed by atoms with Crippen molar-refractivity contribution >= 4 is 11.9 Å². The lowest BCUT2D eigenvalue weighted by atomic mass is 10.0. The molecule has 126 valence electrons. The molecule has 2 unspecified atom stereocenters. The average Bonchev–Trinajstić information content (AvgIpc) is 2.93. The van der Waals surface area contributed by atoms with Crippen molar-refractivity contribution in [1.82, 2.24) is 10.2 Å². The van der Waals surface area contributed by atoms with Crippen LogP contribution in [0.3, 0.4) is 0 Å². The second-order valence-corrected chi connectivity index (χ2v) is 6.33. The molecule has 1 aromatic rings. The van der Waals surface area contributed by atoms with Gasteiger partial charge < -0.3 is 5.32 Å². The zero-order chi connectivity index (χ0) is 17.7. The van der Waals surface area contributed by atoms with Gasteiger partial charge in [-0.25, -0.2) is 4.79 Å². The monoisotopic (exact) mass is 324 g/mol. The van der Waals surface area contributed by atoms with Gasteiger partial charge in [-0.15, -0.1) is 0 Å². The summed E-state index contributed by atoms with van der Waals surface area (Å²) in [5.74, 6) is 0.0889. The number of benzene rings is 1. The molecular weight excluding hydrogens is 300 g/mol. The summed E-state index contributed by atoms with van der Waals surface area (Å²) in [6.45, 7) is 8.03. The van der Waals surface area contributed by atoms with Crippen LogP contribution in [-0.4, -0.2) is 23.3 Å². The highest BCUT2D eigenvalue weighted by Crippen LogP contribution is 2.33. The van der Waals surface area contributed by atoms with Crippen LogP contribution in [0.15, 0.2) is 36.4 Å². The normalized spacial score (nSPS) is 18.1. The number of allylic oxidation sites excluding steroid dienone is 1. The van der Waals surface area contributed by atoms with Crippen LogP contribution in [0.25, 0.3) is 0 Å². The Bertz CT molecular complexity index is 672. The minimum absolute atomic E-state index is 0.0917. The summed E-state index contributed by atoms with van der Waals surface area (Å²) in [4.78, 5) is 14.0. The second-order valence-electron chi connectivity index (χ2n) is 6.33. The van der Waals surface area contributed by atoms with E-state index in [1.807, 2.05) is 38.1 Å². The van der Waals surface area contributed by atoms with Gasteiger partial charge in [-0.05, 0) is 32.3 Å². The van der Waals surface area contributed by atoms with E-state index in [0.29, 0.717) is 25.2 Å². The van der Waals surface area contributed by atoms with Crippen LogP contribution in [0.1, 0.15) is 43.4 Å². The first-order valence-electron chi connectivity index (χ1n) is 8.20. The third kappa shape index (κ3) is 4.02. The molecule has 0 aromatic heterocycles. The molecule has 1 aliphatic rings. The van der Waals surface area contributed by atoms with E-state index < -0.39 is 0 Å². The van der Waals surface area contributed by atoms with E-state index in [1.165, 1.54) is 10.5 Å². The molecule has 1 aromatic carbocycles. The fraction of sp³-hybridized carbons (Fsp3) is 0.421.